The van der Waals surface area contributed by atoms with Crippen LogP contribution in [-0.2, 0) is 19.1 Å². The Balaban J connectivity index is 4.39. The lowest BCUT2D eigenvalue weighted by Crippen LogP contribution is -2.41. The van der Waals surface area contributed by atoms with Crippen molar-refractivity contribution in [2.75, 3.05) is 26.2 Å². The van der Waals surface area contributed by atoms with Crippen molar-refractivity contribution in [2.24, 2.45) is 5.84 Å². The van der Waals surface area contributed by atoms with E-state index in [1.54, 1.807) is 11.8 Å². The SMILES string of the molecule is CCCN(CC)C(=O)/C=C/C(=O)N(N)CC(=O)OCC. The van der Waals surface area contributed by atoms with Gasteiger partial charge in [-0.15, -0.1) is 0 Å². The van der Waals surface area contributed by atoms with Crippen molar-refractivity contribution in [1.29, 1.82) is 0 Å². The molecule has 0 unspecified atom stereocenters. The number of carbonyl (C=O) groups is 3. The summed E-state index contributed by atoms with van der Waals surface area (Å²) < 4.78 is 4.66. The van der Waals surface area contributed by atoms with Gasteiger partial charge in [0, 0.05) is 25.2 Å². The van der Waals surface area contributed by atoms with E-state index in [1.807, 2.05) is 13.8 Å². The van der Waals surface area contributed by atoms with E-state index in [0.29, 0.717) is 18.1 Å². The summed E-state index contributed by atoms with van der Waals surface area (Å²) in [7, 11) is 0. The molecule has 0 aromatic heterocycles. The topological polar surface area (TPSA) is 92.9 Å². The molecule has 7 nitrogen and oxygen atoms in total. The molecule has 0 radical (unpaired) electrons. The fourth-order valence-corrected chi connectivity index (χ4v) is 1.46. The van der Waals surface area contributed by atoms with E-state index < -0.39 is 11.9 Å². The molecule has 114 valence electrons. The number of nitrogens with two attached hydrogens (primary N) is 1. The second kappa shape index (κ2) is 9.96. The van der Waals surface area contributed by atoms with Gasteiger partial charge in [-0.3, -0.25) is 19.4 Å². The van der Waals surface area contributed by atoms with Crippen LogP contribution in [0, 0.1) is 0 Å². The molecule has 2 amide bonds. The predicted molar refractivity (Wildman–Crippen MR) is 74.2 cm³/mol. The van der Waals surface area contributed by atoms with E-state index in [-0.39, 0.29) is 19.1 Å². The molecule has 20 heavy (non-hydrogen) atoms. The minimum absolute atomic E-state index is 0.220. The van der Waals surface area contributed by atoms with E-state index in [9.17, 15) is 14.4 Å². The average Bonchev–Trinajstić information content (AvgIpc) is 2.41. The van der Waals surface area contributed by atoms with Crippen molar-refractivity contribution in [1.82, 2.24) is 9.91 Å². The van der Waals surface area contributed by atoms with Crippen molar-refractivity contribution in [2.45, 2.75) is 27.2 Å². The molecule has 0 atom stereocenters. The highest BCUT2D eigenvalue weighted by atomic mass is 16.5. The van der Waals surface area contributed by atoms with Crippen molar-refractivity contribution in [3.05, 3.63) is 12.2 Å². The second-order valence-corrected chi connectivity index (χ2v) is 4.02. The van der Waals surface area contributed by atoms with E-state index in [1.165, 1.54) is 0 Å². The third-order valence-corrected chi connectivity index (χ3v) is 2.44. The molecule has 0 aromatic carbocycles. The van der Waals surface area contributed by atoms with Crippen molar-refractivity contribution >= 4 is 17.8 Å². The highest BCUT2D eigenvalue weighted by Gasteiger charge is 2.13. The third-order valence-electron chi connectivity index (χ3n) is 2.44. The summed E-state index contributed by atoms with van der Waals surface area (Å²) in [6.45, 7) is 6.55. The first-order chi connectivity index (χ1) is 9.46. The van der Waals surface area contributed by atoms with Crippen LogP contribution in [0.25, 0.3) is 0 Å². The van der Waals surface area contributed by atoms with E-state index >= 15 is 0 Å². The molecule has 0 fully saturated rings. The zero-order chi connectivity index (χ0) is 15.5. The molecular weight excluding hydrogens is 262 g/mol. The molecule has 0 aromatic rings. The summed E-state index contributed by atoms with van der Waals surface area (Å²) in [6, 6.07) is 0. The molecule has 0 saturated heterocycles. The number of rotatable bonds is 8. The van der Waals surface area contributed by atoms with Gasteiger partial charge in [0.15, 0.2) is 0 Å². The van der Waals surface area contributed by atoms with Gasteiger partial charge in [-0.05, 0) is 20.3 Å². The number of esters is 1. The first-order valence-electron chi connectivity index (χ1n) is 6.64. The number of nitrogens with zero attached hydrogens (tertiary/aromatic N) is 2. The van der Waals surface area contributed by atoms with Gasteiger partial charge < -0.3 is 9.64 Å². The van der Waals surface area contributed by atoms with Gasteiger partial charge in [-0.1, -0.05) is 6.92 Å². The summed E-state index contributed by atoms with van der Waals surface area (Å²) in [5.74, 6) is 3.93. The lowest BCUT2D eigenvalue weighted by atomic mass is 10.3. The Morgan fingerprint density at radius 1 is 1.10 bits per heavy atom. The Kier molecular flexibility index (Phi) is 9.02. The Hall–Kier alpha value is -1.89. The van der Waals surface area contributed by atoms with Crippen LogP contribution in [0.4, 0.5) is 0 Å². The molecule has 0 aliphatic heterocycles. The minimum Gasteiger partial charge on any atom is -0.465 e. The zero-order valence-corrected chi connectivity index (χ0v) is 12.3. The summed E-state index contributed by atoms with van der Waals surface area (Å²) >= 11 is 0. The third kappa shape index (κ3) is 6.89. The Morgan fingerprint density at radius 3 is 2.20 bits per heavy atom. The lowest BCUT2D eigenvalue weighted by Gasteiger charge is -2.18. The van der Waals surface area contributed by atoms with Gasteiger partial charge in [0.2, 0.25) is 5.91 Å². The maximum Gasteiger partial charge on any atom is 0.327 e. The fraction of sp³-hybridized carbons (Fsp3) is 0.615. The molecule has 2 N–H and O–H groups in total. The molecule has 0 rings (SSSR count). The van der Waals surface area contributed by atoms with Crippen LogP contribution in [0.3, 0.4) is 0 Å². The van der Waals surface area contributed by atoms with Crippen molar-refractivity contribution in [3.63, 3.8) is 0 Å². The number of carbonyl (C=O) groups excluding carboxylic acids is 3. The van der Waals surface area contributed by atoms with Gasteiger partial charge in [0.1, 0.15) is 6.54 Å². The number of amides is 2. The van der Waals surface area contributed by atoms with Gasteiger partial charge in [0.25, 0.3) is 5.91 Å². The highest BCUT2D eigenvalue weighted by molar-refractivity contribution is 5.97. The second-order valence-electron chi connectivity index (χ2n) is 4.02. The molecule has 0 saturated carbocycles. The number of hydrogen-bond acceptors (Lipinski definition) is 5. The first-order valence-corrected chi connectivity index (χ1v) is 6.64. The highest BCUT2D eigenvalue weighted by Crippen LogP contribution is 1.95. The summed E-state index contributed by atoms with van der Waals surface area (Å²) in [6.07, 6.45) is 3.06. The first kappa shape index (κ1) is 18.1. The summed E-state index contributed by atoms with van der Waals surface area (Å²) in [4.78, 5) is 36.1. The summed E-state index contributed by atoms with van der Waals surface area (Å²) in [5, 5.41) is 0.706. The molecule has 0 aliphatic rings. The van der Waals surface area contributed by atoms with Crippen LogP contribution in [0.5, 0.6) is 0 Å². The minimum atomic E-state index is -0.626. The van der Waals surface area contributed by atoms with Crippen molar-refractivity contribution in [3.8, 4) is 0 Å². The van der Waals surface area contributed by atoms with Gasteiger partial charge in [-0.25, -0.2) is 5.84 Å². The smallest absolute Gasteiger partial charge is 0.327 e. The molecule has 0 bridgehead atoms. The average molecular weight is 285 g/mol. The quantitative estimate of drug-likeness (QED) is 0.224. The monoisotopic (exact) mass is 285 g/mol. The molecule has 0 heterocycles. The Bertz CT molecular complexity index is 369. The number of hydrazine groups is 1. The molecule has 0 aliphatic carbocycles. The fourth-order valence-electron chi connectivity index (χ4n) is 1.46. The maximum absolute atomic E-state index is 11.8. The standard InChI is InChI=1S/C13H23N3O4/c1-4-9-15(5-2)11(17)7-8-12(18)16(14)10-13(19)20-6-3/h7-8H,4-6,9-10,14H2,1-3H3/b8-7+. The molecular formula is C13H23N3O4. The number of hydrogen-bond donors (Lipinski definition) is 1. The number of ether oxygens (including phenoxy) is 1. The normalized spacial score (nSPS) is 10.4. The van der Waals surface area contributed by atoms with E-state index in [0.717, 1.165) is 18.6 Å². The van der Waals surface area contributed by atoms with Crippen LogP contribution >= 0.6 is 0 Å². The van der Waals surface area contributed by atoms with Gasteiger partial charge in [0.05, 0.1) is 6.61 Å². The van der Waals surface area contributed by atoms with Gasteiger partial charge in [-0.2, -0.15) is 0 Å². The summed E-state index contributed by atoms with van der Waals surface area (Å²) in [5.41, 5.74) is 0. The lowest BCUT2D eigenvalue weighted by molar-refractivity contribution is -0.147. The Morgan fingerprint density at radius 2 is 1.70 bits per heavy atom. The largest absolute Gasteiger partial charge is 0.465 e. The van der Waals surface area contributed by atoms with Gasteiger partial charge >= 0.3 is 5.97 Å². The number of likely N-dealkylation sites (N-methyl/N-ethyl adjacent to an activating group) is 1. The zero-order valence-electron chi connectivity index (χ0n) is 12.3. The van der Waals surface area contributed by atoms with Crippen LogP contribution in [0.2, 0.25) is 0 Å². The van der Waals surface area contributed by atoms with Crippen LogP contribution in [-0.4, -0.2) is 53.9 Å². The van der Waals surface area contributed by atoms with E-state index in [2.05, 4.69) is 4.74 Å². The van der Waals surface area contributed by atoms with Crippen LogP contribution < -0.4 is 5.84 Å². The predicted octanol–water partition coefficient (Wildman–Crippen LogP) is 0.0665. The van der Waals surface area contributed by atoms with E-state index in [4.69, 9.17) is 5.84 Å². The van der Waals surface area contributed by atoms with Crippen LogP contribution in [0.1, 0.15) is 27.2 Å². The molecule has 7 heteroatoms. The van der Waals surface area contributed by atoms with Crippen molar-refractivity contribution < 1.29 is 19.1 Å². The molecule has 0 spiro atoms. The van der Waals surface area contributed by atoms with Crippen LogP contribution in [0.15, 0.2) is 12.2 Å². The Labute approximate surface area is 119 Å². The maximum atomic E-state index is 11.8.